The minimum absolute atomic E-state index is 0.0995. The molecule has 0 amide bonds. The van der Waals surface area contributed by atoms with Gasteiger partial charge in [-0.2, -0.15) is 0 Å². The van der Waals surface area contributed by atoms with Crippen LogP contribution >= 0.6 is 0 Å². The van der Waals surface area contributed by atoms with E-state index in [9.17, 15) is 9.59 Å². The van der Waals surface area contributed by atoms with Crippen LogP contribution in [0.4, 0.5) is 0 Å². The van der Waals surface area contributed by atoms with E-state index in [1.54, 1.807) is 21.5 Å². The average Bonchev–Trinajstić information content (AvgIpc) is 2.78. The van der Waals surface area contributed by atoms with Gasteiger partial charge in [-0.3, -0.25) is 9.13 Å². The number of rotatable bonds is 4. The highest BCUT2D eigenvalue weighted by Gasteiger charge is 2.10. The molecule has 0 atom stereocenters. The maximum atomic E-state index is 12.3. The monoisotopic (exact) mass is 257 g/mol. The summed E-state index contributed by atoms with van der Waals surface area (Å²) in [4.78, 5) is 26.0. The van der Waals surface area contributed by atoms with Gasteiger partial charge < -0.3 is 0 Å². The number of imidazole rings is 1. The Balaban J connectivity index is 2.53. The van der Waals surface area contributed by atoms with E-state index in [-0.39, 0.29) is 18.3 Å². The van der Waals surface area contributed by atoms with Crippen molar-refractivity contribution in [2.75, 3.05) is 0 Å². The molecule has 0 saturated heterocycles. The zero-order valence-electron chi connectivity index (χ0n) is 10.9. The van der Waals surface area contributed by atoms with E-state index in [1.807, 2.05) is 38.1 Å². The molecule has 0 unspecified atom stereocenters. The second-order valence-corrected chi connectivity index (χ2v) is 4.49. The van der Waals surface area contributed by atoms with Crippen LogP contribution in [0.3, 0.4) is 0 Å². The van der Waals surface area contributed by atoms with E-state index in [1.165, 1.54) is 6.08 Å². The third kappa shape index (κ3) is 2.56. The fourth-order valence-electron chi connectivity index (χ4n) is 1.96. The van der Waals surface area contributed by atoms with Crippen molar-refractivity contribution in [3.63, 3.8) is 0 Å². The summed E-state index contributed by atoms with van der Waals surface area (Å²) in [7, 11) is 0. The van der Waals surface area contributed by atoms with Crippen molar-refractivity contribution in [3.8, 4) is 5.69 Å². The quantitative estimate of drug-likeness (QED) is 0.621. The van der Waals surface area contributed by atoms with E-state index >= 15 is 0 Å². The predicted molar refractivity (Wildman–Crippen MR) is 72.2 cm³/mol. The molecule has 5 heteroatoms. The number of aliphatic imine (C=N–C) groups is 1. The summed E-state index contributed by atoms with van der Waals surface area (Å²) >= 11 is 0. The first-order valence-electron chi connectivity index (χ1n) is 6.06. The van der Waals surface area contributed by atoms with Crippen LogP contribution in [0.5, 0.6) is 0 Å². The summed E-state index contributed by atoms with van der Waals surface area (Å²) in [5.74, 6) is 0. The first-order chi connectivity index (χ1) is 9.15. The first kappa shape index (κ1) is 13.1. The molecule has 19 heavy (non-hydrogen) atoms. The van der Waals surface area contributed by atoms with Gasteiger partial charge in [-0.1, -0.05) is 18.2 Å². The molecular weight excluding hydrogens is 242 g/mol. The molecule has 2 aromatic rings. The van der Waals surface area contributed by atoms with Crippen molar-refractivity contribution in [1.82, 2.24) is 9.13 Å². The Kier molecular flexibility index (Phi) is 3.78. The molecule has 0 radical (unpaired) electrons. The van der Waals surface area contributed by atoms with Crippen LogP contribution in [0.15, 0.2) is 46.4 Å². The van der Waals surface area contributed by atoms with Gasteiger partial charge in [-0.05, 0) is 25.5 Å². The Morgan fingerprint density at radius 1 is 1.26 bits per heavy atom. The van der Waals surface area contributed by atoms with Crippen molar-refractivity contribution >= 4 is 6.08 Å². The Morgan fingerprint density at radius 3 is 2.63 bits per heavy atom. The number of hydrogen-bond donors (Lipinski definition) is 0. The van der Waals surface area contributed by atoms with Gasteiger partial charge in [0, 0.05) is 18.4 Å². The van der Waals surface area contributed by atoms with E-state index < -0.39 is 0 Å². The number of carbonyl (C=O) groups excluding carboxylic acids is 1. The number of benzene rings is 1. The lowest BCUT2D eigenvalue weighted by molar-refractivity contribution is 0.562. The third-order valence-electron chi connectivity index (χ3n) is 2.92. The molecule has 0 spiro atoms. The fourth-order valence-corrected chi connectivity index (χ4v) is 1.96. The van der Waals surface area contributed by atoms with Gasteiger partial charge in [-0.25, -0.2) is 14.6 Å². The van der Waals surface area contributed by atoms with Gasteiger partial charge in [0.1, 0.15) is 0 Å². The maximum Gasteiger partial charge on any atom is 0.332 e. The Hall–Kier alpha value is -2.39. The van der Waals surface area contributed by atoms with Crippen molar-refractivity contribution in [2.24, 2.45) is 4.99 Å². The second kappa shape index (κ2) is 5.50. The summed E-state index contributed by atoms with van der Waals surface area (Å²) in [6, 6.07) is 7.48. The smallest absolute Gasteiger partial charge is 0.296 e. The SMILES string of the molecule is CC(C)n1ccn(-c2ccccc2CN=C=O)c1=O. The van der Waals surface area contributed by atoms with Gasteiger partial charge in [0.15, 0.2) is 0 Å². The van der Waals surface area contributed by atoms with Crippen LogP contribution in [0.1, 0.15) is 25.5 Å². The summed E-state index contributed by atoms with van der Waals surface area (Å²) in [6.07, 6.45) is 5.00. The van der Waals surface area contributed by atoms with E-state index in [0.29, 0.717) is 0 Å². The molecule has 1 heterocycles. The molecule has 2 rings (SSSR count). The number of para-hydroxylation sites is 1. The standard InChI is InChI=1S/C14H15N3O2/c1-11(2)16-7-8-17(14(16)19)13-6-4-3-5-12(13)9-15-10-18/h3-8,11H,9H2,1-2H3. The normalized spacial score (nSPS) is 10.5. The van der Waals surface area contributed by atoms with Gasteiger partial charge in [-0.15, -0.1) is 0 Å². The summed E-state index contributed by atoms with van der Waals surface area (Å²) in [5.41, 5.74) is 1.46. The van der Waals surface area contributed by atoms with E-state index in [4.69, 9.17) is 0 Å². The molecule has 0 N–H and O–H groups in total. The molecule has 1 aromatic heterocycles. The van der Waals surface area contributed by atoms with Crippen LogP contribution in [0.2, 0.25) is 0 Å². The van der Waals surface area contributed by atoms with E-state index in [2.05, 4.69) is 4.99 Å². The Morgan fingerprint density at radius 2 is 2.00 bits per heavy atom. The van der Waals surface area contributed by atoms with Crippen molar-refractivity contribution in [3.05, 3.63) is 52.7 Å². The summed E-state index contributed by atoms with van der Waals surface area (Å²) in [6.45, 7) is 4.13. The molecular formula is C14H15N3O2. The van der Waals surface area contributed by atoms with Crippen LogP contribution in [-0.4, -0.2) is 15.2 Å². The predicted octanol–water partition coefficient (Wildman–Crippen LogP) is 2.06. The van der Waals surface area contributed by atoms with Crippen LogP contribution in [0, 0.1) is 0 Å². The highest BCUT2D eigenvalue weighted by Crippen LogP contribution is 2.14. The molecule has 0 saturated carbocycles. The molecule has 0 bridgehead atoms. The zero-order chi connectivity index (χ0) is 13.8. The van der Waals surface area contributed by atoms with Gasteiger partial charge in [0.2, 0.25) is 6.08 Å². The molecule has 0 aliphatic heterocycles. The molecule has 5 nitrogen and oxygen atoms in total. The lowest BCUT2D eigenvalue weighted by Gasteiger charge is -2.08. The Bertz CT molecular complexity index is 676. The van der Waals surface area contributed by atoms with Crippen LogP contribution in [-0.2, 0) is 11.3 Å². The topological polar surface area (TPSA) is 56.4 Å². The van der Waals surface area contributed by atoms with Gasteiger partial charge in [0.25, 0.3) is 0 Å². The molecule has 0 aliphatic carbocycles. The van der Waals surface area contributed by atoms with Crippen molar-refractivity contribution < 1.29 is 4.79 Å². The second-order valence-electron chi connectivity index (χ2n) is 4.49. The third-order valence-corrected chi connectivity index (χ3v) is 2.92. The largest absolute Gasteiger partial charge is 0.332 e. The van der Waals surface area contributed by atoms with Crippen molar-refractivity contribution in [2.45, 2.75) is 26.4 Å². The number of aromatic nitrogens is 2. The van der Waals surface area contributed by atoms with Crippen LogP contribution < -0.4 is 5.69 Å². The van der Waals surface area contributed by atoms with Gasteiger partial charge in [0.05, 0.1) is 12.2 Å². The van der Waals surface area contributed by atoms with Crippen LogP contribution in [0.25, 0.3) is 5.69 Å². The number of nitrogens with zero attached hydrogens (tertiary/aromatic N) is 3. The highest BCUT2D eigenvalue weighted by molar-refractivity contribution is 5.42. The molecule has 1 aromatic carbocycles. The first-order valence-corrected chi connectivity index (χ1v) is 6.06. The minimum atomic E-state index is -0.0995. The number of isocyanates is 1. The lowest BCUT2D eigenvalue weighted by Crippen LogP contribution is -2.24. The molecule has 0 fully saturated rings. The summed E-state index contributed by atoms with van der Waals surface area (Å²) in [5, 5.41) is 0. The Labute approximate surface area is 110 Å². The van der Waals surface area contributed by atoms with E-state index in [0.717, 1.165) is 11.3 Å². The average molecular weight is 257 g/mol. The maximum absolute atomic E-state index is 12.3. The molecule has 0 aliphatic rings. The fraction of sp³-hybridized carbons (Fsp3) is 0.286. The van der Waals surface area contributed by atoms with Gasteiger partial charge >= 0.3 is 5.69 Å². The zero-order valence-corrected chi connectivity index (χ0v) is 10.9. The molecule has 98 valence electrons. The lowest BCUT2D eigenvalue weighted by atomic mass is 10.2. The summed E-state index contributed by atoms with van der Waals surface area (Å²) < 4.78 is 3.22. The number of hydrogen-bond acceptors (Lipinski definition) is 3. The highest BCUT2D eigenvalue weighted by atomic mass is 16.1. The van der Waals surface area contributed by atoms with Crippen molar-refractivity contribution in [1.29, 1.82) is 0 Å². The minimum Gasteiger partial charge on any atom is -0.296 e.